The Labute approximate surface area is 121 Å². The summed E-state index contributed by atoms with van der Waals surface area (Å²) in [6.45, 7) is 9.13. The van der Waals surface area contributed by atoms with E-state index >= 15 is 0 Å². The number of aryl methyl sites for hydroxylation is 3. The molecule has 0 aliphatic carbocycles. The molecule has 0 unspecified atom stereocenters. The summed E-state index contributed by atoms with van der Waals surface area (Å²) in [5, 5.41) is 13.5. The van der Waals surface area contributed by atoms with Gasteiger partial charge in [-0.15, -0.1) is 0 Å². The maximum Gasteiger partial charge on any atom is 0.224 e. The molecule has 5 heteroatoms. The highest BCUT2D eigenvalue weighted by atomic mass is 16.3. The van der Waals surface area contributed by atoms with Crippen molar-refractivity contribution in [2.24, 2.45) is 0 Å². The molecule has 0 saturated carbocycles. The average Bonchev–Trinajstić information content (AvgIpc) is 2.74. The summed E-state index contributed by atoms with van der Waals surface area (Å²) in [5.74, 6) is 0.0975. The van der Waals surface area contributed by atoms with Crippen LogP contribution in [0.25, 0.3) is 0 Å². The van der Waals surface area contributed by atoms with Gasteiger partial charge in [-0.05, 0) is 32.8 Å². The van der Waals surface area contributed by atoms with E-state index in [0.717, 1.165) is 24.2 Å². The van der Waals surface area contributed by atoms with Crippen LogP contribution in [0.15, 0.2) is 6.07 Å². The van der Waals surface area contributed by atoms with Gasteiger partial charge in [0, 0.05) is 31.2 Å². The van der Waals surface area contributed by atoms with Gasteiger partial charge in [0.05, 0.1) is 12.3 Å². The first-order chi connectivity index (χ1) is 9.53. The number of hydrogen-bond acceptors (Lipinski definition) is 3. The molecule has 20 heavy (non-hydrogen) atoms. The molecule has 0 saturated heterocycles. The highest BCUT2D eigenvalue weighted by molar-refractivity contribution is 5.76. The number of aliphatic hydroxyl groups is 1. The minimum absolute atomic E-state index is 0.0160. The molecule has 0 bridgehead atoms. The smallest absolute Gasteiger partial charge is 0.224 e. The van der Waals surface area contributed by atoms with Crippen molar-refractivity contribution in [3.63, 3.8) is 0 Å². The minimum atomic E-state index is 0.0160. The highest BCUT2D eigenvalue weighted by Crippen LogP contribution is 2.11. The first kappa shape index (κ1) is 16.7. The Bertz CT molecular complexity index is 425. The average molecular weight is 281 g/mol. The summed E-state index contributed by atoms with van der Waals surface area (Å²) in [6.07, 6.45) is 2.27. The van der Waals surface area contributed by atoms with Crippen molar-refractivity contribution in [3.8, 4) is 0 Å². The fraction of sp³-hybridized carbons (Fsp3) is 0.733. The first-order valence-corrected chi connectivity index (χ1v) is 7.44. The third-order valence-corrected chi connectivity index (χ3v) is 3.69. The summed E-state index contributed by atoms with van der Waals surface area (Å²) in [7, 11) is 0. The normalized spacial score (nSPS) is 11.1. The largest absolute Gasteiger partial charge is 0.395 e. The van der Waals surface area contributed by atoms with E-state index in [1.54, 1.807) is 0 Å². The molecule has 0 aromatic carbocycles. The molecule has 5 nitrogen and oxygen atoms in total. The maximum atomic E-state index is 12.4. The number of nitrogens with zero attached hydrogens (tertiary/aromatic N) is 3. The summed E-state index contributed by atoms with van der Waals surface area (Å²) in [6, 6.07) is 2.23. The van der Waals surface area contributed by atoms with Gasteiger partial charge in [-0.3, -0.25) is 9.48 Å². The van der Waals surface area contributed by atoms with Crippen molar-refractivity contribution >= 4 is 5.91 Å². The molecule has 0 spiro atoms. The number of carbonyl (C=O) groups is 1. The second kappa shape index (κ2) is 8.04. The molecule has 1 rings (SSSR count). The fourth-order valence-corrected chi connectivity index (χ4v) is 2.59. The number of aliphatic hydroxyl groups excluding tert-OH is 1. The van der Waals surface area contributed by atoms with Crippen LogP contribution in [0.4, 0.5) is 0 Å². The molecule has 1 aromatic rings. The Kier molecular flexibility index (Phi) is 6.71. The van der Waals surface area contributed by atoms with Gasteiger partial charge >= 0.3 is 0 Å². The lowest BCUT2D eigenvalue weighted by molar-refractivity contribution is -0.134. The molecule has 0 radical (unpaired) electrons. The van der Waals surface area contributed by atoms with Gasteiger partial charge in [0.1, 0.15) is 0 Å². The molecule has 0 aliphatic heterocycles. The number of amides is 1. The summed E-state index contributed by atoms with van der Waals surface area (Å²) >= 11 is 0. The van der Waals surface area contributed by atoms with Gasteiger partial charge in [0.2, 0.25) is 5.91 Å². The van der Waals surface area contributed by atoms with E-state index in [-0.39, 0.29) is 18.6 Å². The van der Waals surface area contributed by atoms with Crippen molar-refractivity contribution in [1.29, 1.82) is 0 Å². The van der Waals surface area contributed by atoms with Gasteiger partial charge in [0.15, 0.2) is 0 Å². The van der Waals surface area contributed by atoms with Crippen LogP contribution < -0.4 is 0 Å². The van der Waals surface area contributed by atoms with Crippen LogP contribution in [0.3, 0.4) is 0 Å². The predicted octanol–water partition coefficient (Wildman–Crippen LogP) is 1.90. The lowest BCUT2D eigenvalue weighted by Gasteiger charge is -2.30. The van der Waals surface area contributed by atoms with Crippen LogP contribution in [0.2, 0.25) is 0 Å². The monoisotopic (exact) mass is 281 g/mol. The lowest BCUT2D eigenvalue weighted by atomic mass is 10.1. The van der Waals surface area contributed by atoms with Crippen LogP contribution in [0, 0.1) is 13.8 Å². The standard InChI is InChI=1S/C15H27N3O2/c1-5-14(6-2)17(9-10-19)15(20)7-8-18-13(4)11-12(3)16-18/h11,14,19H,5-10H2,1-4H3. The van der Waals surface area contributed by atoms with Crippen LogP contribution >= 0.6 is 0 Å². The molecule has 1 aromatic heterocycles. The van der Waals surface area contributed by atoms with Crippen LogP contribution in [0.5, 0.6) is 0 Å². The van der Waals surface area contributed by atoms with Gasteiger partial charge < -0.3 is 10.0 Å². The van der Waals surface area contributed by atoms with E-state index in [1.165, 1.54) is 0 Å². The third-order valence-electron chi connectivity index (χ3n) is 3.69. The van der Waals surface area contributed by atoms with Gasteiger partial charge in [-0.1, -0.05) is 13.8 Å². The van der Waals surface area contributed by atoms with Crippen LogP contribution in [0.1, 0.15) is 44.5 Å². The zero-order valence-corrected chi connectivity index (χ0v) is 13.1. The third kappa shape index (κ3) is 4.34. The Balaban J connectivity index is 2.64. The van der Waals surface area contributed by atoms with E-state index in [1.807, 2.05) is 29.5 Å². The maximum absolute atomic E-state index is 12.4. The molecule has 0 fully saturated rings. The van der Waals surface area contributed by atoms with Crippen LogP contribution in [-0.4, -0.2) is 44.9 Å². The summed E-state index contributed by atoms with van der Waals surface area (Å²) < 4.78 is 1.87. The Morgan fingerprint density at radius 2 is 2.05 bits per heavy atom. The molecule has 0 atom stereocenters. The van der Waals surface area contributed by atoms with Crippen LogP contribution in [-0.2, 0) is 11.3 Å². The highest BCUT2D eigenvalue weighted by Gasteiger charge is 2.20. The SMILES string of the molecule is CCC(CC)N(CCO)C(=O)CCn1nc(C)cc1C. The Hall–Kier alpha value is -1.36. The lowest BCUT2D eigenvalue weighted by Crippen LogP contribution is -2.41. The van der Waals surface area contributed by atoms with Crippen molar-refractivity contribution in [1.82, 2.24) is 14.7 Å². The van der Waals surface area contributed by atoms with E-state index in [0.29, 0.717) is 19.5 Å². The predicted molar refractivity (Wildman–Crippen MR) is 79.5 cm³/mol. The number of carbonyl (C=O) groups excluding carboxylic acids is 1. The van der Waals surface area contributed by atoms with Gasteiger partial charge in [-0.2, -0.15) is 5.10 Å². The zero-order chi connectivity index (χ0) is 15.1. The second-order valence-corrected chi connectivity index (χ2v) is 5.18. The van der Waals surface area contributed by atoms with E-state index in [9.17, 15) is 4.79 Å². The molecule has 1 heterocycles. The number of hydrogen-bond donors (Lipinski definition) is 1. The topological polar surface area (TPSA) is 58.4 Å². The van der Waals surface area contributed by atoms with E-state index in [4.69, 9.17) is 5.11 Å². The minimum Gasteiger partial charge on any atom is -0.395 e. The van der Waals surface area contributed by atoms with Crippen molar-refractivity contribution in [3.05, 3.63) is 17.5 Å². The Morgan fingerprint density at radius 3 is 2.50 bits per heavy atom. The second-order valence-electron chi connectivity index (χ2n) is 5.18. The van der Waals surface area contributed by atoms with Gasteiger partial charge in [-0.25, -0.2) is 0 Å². The van der Waals surface area contributed by atoms with Crippen molar-refractivity contribution < 1.29 is 9.90 Å². The Morgan fingerprint density at radius 1 is 1.40 bits per heavy atom. The quantitative estimate of drug-likeness (QED) is 0.791. The molecular weight excluding hydrogens is 254 g/mol. The summed E-state index contributed by atoms with van der Waals surface area (Å²) in [5.41, 5.74) is 2.05. The molecule has 1 amide bonds. The van der Waals surface area contributed by atoms with Crippen molar-refractivity contribution in [2.45, 2.75) is 59.5 Å². The van der Waals surface area contributed by atoms with E-state index in [2.05, 4.69) is 18.9 Å². The summed E-state index contributed by atoms with van der Waals surface area (Å²) in [4.78, 5) is 14.2. The van der Waals surface area contributed by atoms with Crippen molar-refractivity contribution in [2.75, 3.05) is 13.2 Å². The molecule has 0 aliphatic rings. The first-order valence-electron chi connectivity index (χ1n) is 7.44. The fourth-order valence-electron chi connectivity index (χ4n) is 2.59. The molecule has 114 valence electrons. The number of rotatable bonds is 8. The number of aromatic nitrogens is 2. The van der Waals surface area contributed by atoms with E-state index < -0.39 is 0 Å². The molecular formula is C15H27N3O2. The zero-order valence-electron chi connectivity index (χ0n) is 13.1. The van der Waals surface area contributed by atoms with Gasteiger partial charge in [0.25, 0.3) is 0 Å². The molecule has 1 N–H and O–H groups in total.